The molecule has 0 aromatic carbocycles. The van der Waals surface area contributed by atoms with Gasteiger partial charge >= 0.3 is 0 Å². The number of hydrogen-bond donors (Lipinski definition) is 3. The molecule has 7 atom stereocenters. The van der Waals surface area contributed by atoms with E-state index in [4.69, 9.17) is 10.8 Å². The summed E-state index contributed by atoms with van der Waals surface area (Å²) in [6, 6.07) is 0. The number of hydrogen-bond acceptors (Lipinski definition) is 4. The van der Waals surface area contributed by atoms with Gasteiger partial charge in [0.1, 0.15) is 0 Å². The summed E-state index contributed by atoms with van der Waals surface area (Å²) in [5.74, 6) is 3.46. The van der Waals surface area contributed by atoms with Crippen molar-refractivity contribution in [2.24, 2.45) is 45.2 Å². The Morgan fingerprint density at radius 3 is 2.38 bits per heavy atom. The predicted molar refractivity (Wildman–Crippen MR) is 107 cm³/mol. The van der Waals surface area contributed by atoms with Gasteiger partial charge in [0.15, 0.2) is 0 Å². The van der Waals surface area contributed by atoms with Gasteiger partial charge in [0.25, 0.3) is 0 Å². The number of rotatable bonds is 1. The molecule has 4 aliphatic carbocycles. The minimum atomic E-state index is -0.0332. The zero-order valence-electron chi connectivity index (χ0n) is 17.1. The van der Waals surface area contributed by atoms with Crippen LogP contribution in [0.4, 0.5) is 0 Å². The van der Waals surface area contributed by atoms with Crippen LogP contribution in [0.15, 0.2) is 4.99 Å². The lowest BCUT2D eigenvalue weighted by atomic mass is 9.45. The number of aliphatic imine (C=N–C) groups is 1. The Labute approximate surface area is 159 Å². The van der Waals surface area contributed by atoms with Gasteiger partial charge in [-0.05, 0) is 92.3 Å². The third-order valence-electron chi connectivity index (χ3n) is 8.89. The first kappa shape index (κ1) is 20.3. The van der Waals surface area contributed by atoms with Crippen LogP contribution in [0, 0.1) is 34.5 Å². The highest BCUT2D eigenvalue weighted by atomic mass is 16.3. The molecule has 0 aromatic heterocycles. The number of nitrogens with zero attached hydrogens (tertiary/aromatic N) is 1. The average molecular weight is 365 g/mol. The molecule has 0 amide bonds. The van der Waals surface area contributed by atoms with Crippen molar-refractivity contribution in [3.05, 3.63) is 0 Å². The van der Waals surface area contributed by atoms with E-state index in [0.29, 0.717) is 12.0 Å². The van der Waals surface area contributed by atoms with Crippen LogP contribution in [-0.2, 0) is 0 Å². The summed E-state index contributed by atoms with van der Waals surface area (Å²) in [6.45, 7) is 5.47. The number of nitrogens with two attached hydrogens (primary N) is 1. The monoisotopic (exact) mass is 364 g/mol. The molecule has 150 valence electrons. The van der Waals surface area contributed by atoms with E-state index in [1.165, 1.54) is 57.1 Å². The molecule has 0 heterocycles. The molecular formula is C22H40N2O2. The molecule has 0 aromatic rings. The second-order valence-electron chi connectivity index (χ2n) is 9.80. The van der Waals surface area contributed by atoms with Crippen LogP contribution in [-0.4, -0.2) is 42.2 Å². The second kappa shape index (κ2) is 7.89. The smallest absolute Gasteiger partial charge is 0.0596 e. The third kappa shape index (κ3) is 3.27. The Balaban J connectivity index is 0.000000447. The van der Waals surface area contributed by atoms with Crippen LogP contribution in [0.25, 0.3) is 0 Å². The molecule has 4 saturated carbocycles. The minimum absolute atomic E-state index is 0.0332. The normalized spacial score (nSPS) is 48.8. The Morgan fingerprint density at radius 1 is 1.04 bits per heavy atom. The number of aliphatic hydroxyl groups is 2. The summed E-state index contributed by atoms with van der Waals surface area (Å²) in [5.41, 5.74) is 7.03. The summed E-state index contributed by atoms with van der Waals surface area (Å²) < 4.78 is 0. The summed E-state index contributed by atoms with van der Waals surface area (Å²) >= 11 is 0. The fourth-order valence-corrected chi connectivity index (χ4v) is 7.24. The first-order chi connectivity index (χ1) is 12.4. The highest BCUT2D eigenvalue weighted by Crippen LogP contribution is 2.65. The fraction of sp³-hybridized carbons (Fsp3) is 0.955. The number of fused-ring (bicyclic) bond motifs is 5. The SMILES string of the molecule is CN=C1CC[C@@]2(C)C(CCC3C2CC[C@@]2(C)C3CC[C@H]2O)C1.NCCO. The maximum Gasteiger partial charge on any atom is 0.0596 e. The van der Waals surface area contributed by atoms with E-state index in [1.807, 2.05) is 7.05 Å². The molecule has 4 rings (SSSR count). The Morgan fingerprint density at radius 2 is 1.73 bits per heavy atom. The summed E-state index contributed by atoms with van der Waals surface area (Å²) in [5, 5.41) is 18.3. The number of aliphatic hydroxyl groups excluding tert-OH is 2. The molecule has 0 bridgehead atoms. The lowest BCUT2D eigenvalue weighted by Gasteiger charge is -2.60. The van der Waals surface area contributed by atoms with Crippen molar-refractivity contribution in [2.45, 2.75) is 77.7 Å². The van der Waals surface area contributed by atoms with Crippen molar-refractivity contribution < 1.29 is 10.2 Å². The van der Waals surface area contributed by atoms with Gasteiger partial charge in [-0.1, -0.05) is 13.8 Å². The summed E-state index contributed by atoms with van der Waals surface area (Å²) in [6.07, 6.45) is 11.6. The summed E-state index contributed by atoms with van der Waals surface area (Å²) in [4.78, 5) is 4.53. The quantitative estimate of drug-likeness (QED) is 0.667. The van der Waals surface area contributed by atoms with Gasteiger partial charge in [0, 0.05) is 19.3 Å². The highest BCUT2D eigenvalue weighted by molar-refractivity contribution is 5.85. The average Bonchev–Trinajstić information content (AvgIpc) is 2.96. The van der Waals surface area contributed by atoms with Gasteiger partial charge in [0.2, 0.25) is 0 Å². The highest BCUT2D eigenvalue weighted by Gasteiger charge is 2.59. The molecule has 4 heteroatoms. The molecule has 4 N–H and O–H groups in total. The Bertz CT molecular complexity index is 520. The minimum Gasteiger partial charge on any atom is -0.395 e. The van der Waals surface area contributed by atoms with Crippen LogP contribution in [0.3, 0.4) is 0 Å². The van der Waals surface area contributed by atoms with Crippen LogP contribution >= 0.6 is 0 Å². The van der Waals surface area contributed by atoms with E-state index in [1.54, 1.807) is 0 Å². The largest absolute Gasteiger partial charge is 0.395 e. The first-order valence-electron chi connectivity index (χ1n) is 10.8. The maximum atomic E-state index is 10.5. The lowest BCUT2D eigenvalue weighted by molar-refractivity contribution is -0.112. The molecule has 0 saturated heterocycles. The predicted octanol–water partition coefficient (Wildman–Crippen LogP) is 3.40. The molecule has 4 unspecified atom stereocenters. The standard InChI is InChI=1S/C20H33NO.C2H7NO/c1-19-10-8-14(21-3)12-13(19)4-5-15-16-6-7-18(22)20(16,2)11-9-17(15)19;3-1-2-4/h13,15-18,22H,4-12H2,1-3H3;4H,1-3H2/t13?,15?,16?,17?,18-,19+,20+;/m1./s1. The van der Waals surface area contributed by atoms with Crippen molar-refractivity contribution in [3.63, 3.8) is 0 Å². The third-order valence-corrected chi connectivity index (χ3v) is 8.89. The van der Waals surface area contributed by atoms with Crippen molar-refractivity contribution in [2.75, 3.05) is 20.2 Å². The van der Waals surface area contributed by atoms with Crippen LogP contribution in [0.1, 0.15) is 71.6 Å². The van der Waals surface area contributed by atoms with Crippen molar-refractivity contribution in [1.29, 1.82) is 0 Å². The lowest BCUT2D eigenvalue weighted by Crippen LogP contribution is -2.54. The van der Waals surface area contributed by atoms with E-state index in [-0.39, 0.29) is 18.1 Å². The first-order valence-corrected chi connectivity index (χ1v) is 10.8. The van der Waals surface area contributed by atoms with Crippen LogP contribution in [0.2, 0.25) is 0 Å². The molecule has 0 aliphatic heterocycles. The van der Waals surface area contributed by atoms with Crippen molar-refractivity contribution >= 4 is 5.71 Å². The zero-order valence-corrected chi connectivity index (χ0v) is 17.1. The molecule has 4 fully saturated rings. The van der Waals surface area contributed by atoms with Crippen molar-refractivity contribution in [1.82, 2.24) is 0 Å². The van der Waals surface area contributed by atoms with E-state index in [2.05, 4.69) is 18.8 Å². The molecule has 4 aliphatic rings. The zero-order chi connectivity index (χ0) is 18.9. The summed E-state index contributed by atoms with van der Waals surface area (Å²) in [7, 11) is 1.98. The molecule has 26 heavy (non-hydrogen) atoms. The fourth-order valence-electron chi connectivity index (χ4n) is 7.24. The van der Waals surface area contributed by atoms with Crippen LogP contribution in [0.5, 0.6) is 0 Å². The van der Waals surface area contributed by atoms with E-state index >= 15 is 0 Å². The van der Waals surface area contributed by atoms with Gasteiger partial charge in [-0.2, -0.15) is 0 Å². The van der Waals surface area contributed by atoms with E-state index in [0.717, 1.165) is 30.1 Å². The Kier molecular flexibility index (Phi) is 6.15. The second-order valence-corrected chi connectivity index (χ2v) is 9.80. The van der Waals surface area contributed by atoms with E-state index < -0.39 is 0 Å². The van der Waals surface area contributed by atoms with Gasteiger partial charge in [0.05, 0.1) is 12.7 Å². The van der Waals surface area contributed by atoms with Crippen LogP contribution < -0.4 is 5.73 Å². The Hall–Kier alpha value is -0.450. The van der Waals surface area contributed by atoms with Gasteiger partial charge < -0.3 is 15.9 Å². The van der Waals surface area contributed by atoms with E-state index in [9.17, 15) is 5.11 Å². The molecule has 0 radical (unpaired) electrons. The molecule has 4 nitrogen and oxygen atoms in total. The molecule has 0 spiro atoms. The topological polar surface area (TPSA) is 78.8 Å². The maximum absolute atomic E-state index is 10.5. The molecular weight excluding hydrogens is 324 g/mol. The van der Waals surface area contributed by atoms with Gasteiger partial charge in [-0.15, -0.1) is 0 Å². The van der Waals surface area contributed by atoms with Gasteiger partial charge in [-0.25, -0.2) is 0 Å². The van der Waals surface area contributed by atoms with Crippen molar-refractivity contribution in [3.8, 4) is 0 Å². The van der Waals surface area contributed by atoms with Gasteiger partial charge in [-0.3, -0.25) is 4.99 Å².